The fourth-order valence-corrected chi connectivity index (χ4v) is 3.56. The number of hydrogen-bond donors (Lipinski definition) is 1. The summed E-state index contributed by atoms with van der Waals surface area (Å²) in [6, 6.07) is 21.1. The quantitative estimate of drug-likeness (QED) is 0.629. The second kappa shape index (κ2) is 8.78. The summed E-state index contributed by atoms with van der Waals surface area (Å²) in [5.74, 6) is 2.06. The maximum Gasteiger partial charge on any atom is 0.272 e. The van der Waals surface area contributed by atoms with Crippen molar-refractivity contribution >= 4 is 17.3 Å². The van der Waals surface area contributed by atoms with E-state index < -0.39 is 0 Å². The minimum Gasteiger partial charge on any atom is -0.455 e. The lowest BCUT2D eigenvalue weighted by Gasteiger charge is -2.30. The number of anilines is 2. The number of likely N-dealkylation sites (tertiary alicyclic amines) is 1. The molecule has 0 spiro atoms. The van der Waals surface area contributed by atoms with Crippen molar-refractivity contribution in [2.45, 2.75) is 19.8 Å². The van der Waals surface area contributed by atoms with Crippen LogP contribution in [0.15, 0.2) is 72.9 Å². The van der Waals surface area contributed by atoms with Crippen LogP contribution in [0.3, 0.4) is 0 Å². The van der Waals surface area contributed by atoms with Crippen LogP contribution < -0.4 is 10.1 Å². The van der Waals surface area contributed by atoms with Crippen molar-refractivity contribution < 1.29 is 9.53 Å². The lowest BCUT2D eigenvalue weighted by Crippen LogP contribution is -2.39. The van der Waals surface area contributed by atoms with Gasteiger partial charge in [0.15, 0.2) is 5.75 Å². The Bertz CT molecular complexity index is 957. The molecule has 1 aromatic heterocycles. The van der Waals surface area contributed by atoms with Crippen LogP contribution in [-0.2, 0) is 0 Å². The summed E-state index contributed by atoms with van der Waals surface area (Å²) >= 11 is 0. The third-order valence-corrected chi connectivity index (χ3v) is 5.06. The average Bonchev–Trinajstić information content (AvgIpc) is 2.76. The number of nitrogens with zero attached hydrogens (tertiary/aromatic N) is 2. The van der Waals surface area contributed by atoms with Gasteiger partial charge < -0.3 is 15.0 Å². The van der Waals surface area contributed by atoms with Gasteiger partial charge in [0, 0.05) is 13.1 Å². The Morgan fingerprint density at radius 3 is 2.62 bits per heavy atom. The van der Waals surface area contributed by atoms with Crippen molar-refractivity contribution in [1.29, 1.82) is 0 Å². The second-order valence-electron chi connectivity index (χ2n) is 7.47. The van der Waals surface area contributed by atoms with Crippen LogP contribution in [0.4, 0.5) is 11.4 Å². The molecule has 1 aliphatic heterocycles. The van der Waals surface area contributed by atoms with Gasteiger partial charge in [0.05, 0.1) is 17.6 Å². The number of amides is 1. The Balaban J connectivity index is 1.46. The van der Waals surface area contributed by atoms with E-state index in [0.717, 1.165) is 42.4 Å². The maximum absolute atomic E-state index is 12.7. The highest BCUT2D eigenvalue weighted by atomic mass is 16.5. The SMILES string of the molecule is CC1CCCN(C(=O)c2ccc(Nc3ccccc3Oc3ccccc3)cn2)C1. The molecule has 1 amide bonds. The summed E-state index contributed by atoms with van der Waals surface area (Å²) in [5, 5.41) is 3.33. The summed E-state index contributed by atoms with van der Waals surface area (Å²) in [6.45, 7) is 3.81. The zero-order valence-corrected chi connectivity index (χ0v) is 16.5. The Hall–Kier alpha value is -3.34. The largest absolute Gasteiger partial charge is 0.455 e. The van der Waals surface area contributed by atoms with Crippen LogP contribution in [-0.4, -0.2) is 28.9 Å². The van der Waals surface area contributed by atoms with E-state index in [2.05, 4.69) is 17.2 Å². The van der Waals surface area contributed by atoms with Crippen LogP contribution in [0.2, 0.25) is 0 Å². The first-order valence-electron chi connectivity index (χ1n) is 10.0. The van der Waals surface area contributed by atoms with Crippen molar-refractivity contribution in [3.63, 3.8) is 0 Å². The molecule has 0 aliphatic carbocycles. The van der Waals surface area contributed by atoms with Crippen LogP contribution in [0, 0.1) is 5.92 Å². The predicted molar refractivity (Wildman–Crippen MR) is 115 cm³/mol. The molecule has 1 N–H and O–H groups in total. The number of aromatic nitrogens is 1. The van der Waals surface area contributed by atoms with Gasteiger partial charge in [-0.2, -0.15) is 0 Å². The summed E-state index contributed by atoms with van der Waals surface area (Å²) in [5.41, 5.74) is 2.12. The van der Waals surface area contributed by atoms with Crippen LogP contribution >= 0.6 is 0 Å². The summed E-state index contributed by atoms with van der Waals surface area (Å²) in [6.07, 6.45) is 3.94. The Morgan fingerprint density at radius 1 is 1.07 bits per heavy atom. The molecule has 1 fully saturated rings. The molecule has 2 heterocycles. The molecule has 1 unspecified atom stereocenters. The van der Waals surface area contributed by atoms with E-state index in [9.17, 15) is 4.79 Å². The normalized spacial score (nSPS) is 16.3. The average molecular weight is 387 g/mol. The van der Waals surface area contributed by atoms with Gasteiger partial charge in [0.1, 0.15) is 11.4 Å². The standard InChI is InChI=1S/C24H25N3O2/c1-18-8-7-15-27(17-18)24(28)22-14-13-19(16-25-22)26-21-11-5-6-12-23(21)29-20-9-3-2-4-10-20/h2-6,9-14,16,18,26H,7-8,15,17H2,1H3. The van der Waals surface area contributed by atoms with Gasteiger partial charge in [-0.15, -0.1) is 0 Å². The van der Waals surface area contributed by atoms with Gasteiger partial charge in [0.25, 0.3) is 5.91 Å². The molecule has 0 saturated carbocycles. The van der Waals surface area contributed by atoms with E-state index >= 15 is 0 Å². The first kappa shape index (κ1) is 19.0. The monoisotopic (exact) mass is 387 g/mol. The molecule has 2 aromatic carbocycles. The Labute approximate surface area is 171 Å². The fraction of sp³-hybridized carbons (Fsp3) is 0.250. The number of rotatable bonds is 5. The van der Waals surface area contributed by atoms with E-state index in [1.807, 2.05) is 65.6 Å². The molecule has 3 aromatic rings. The molecule has 4 rings (SSSR count). The number of para-hydroxylation sites is 3. The number of hydrogen-bond acceptors (Lipinski definition) is 4. The molecular weight excluding hydrogens is 362 g/mol. The lowest BCUT2D eigenvalue weighted by molar-refractivity contribution is 0.0677. The Kier molecular flexibility index (Phi) is 5.75. The highest BCUT2D eigenvalue weighted by Gasteiger charge is 2.22. The number of benzene rings is 2. The van der Waals surface area contributed by atoms with Crippen molar-refractivity contribution in [3.05, 3.63) is 78.6 Å². The molecule has 5 nitrogen and oxygen atoms in total. The fourth-order valence-electron chi connectivity index (χ4n) is 3.56. The van der Waals surface area contributed by atoms with Gasteiger partial charge in [-0.3, -0.25) is 4.79 Å². The molecule has 0 radical (unpaired) electrons. The van der Waals surface area contributed by atoms with Crippen LogP contribution in [0.5, 0.6) is 11.5 Å². The summed E-state index contributed by atoms with van der Waals surface area (Å²) in [4.78, 5) is 19.0. The zero-order valence-electron chi connectivity index (χ0n) is 16.5. The van der Waals surface area contributed by atoms with E-state index in [-0.39, 0.29) is 5.91 Å². The molecular formula is C24H25N3O2. The number of pyridine rings is 1. The summed E-state index contributed by atoms with van der Waals surface area (Å²) in [7, 11) is 0. The third-order valence-electron chi connectivity index (χ3n) is 5.06. The van der Waals surface area contributed by atoms with Crippen molar-refractivity contribution in [1.82, 2.24) is 9.88 Å². The van der Waals surface area contributed by atoms with Gasteiger partial charge in [-0.25, -0.2) is 4.98 Å². The Morgan fingerprint density at radius 2 is 1.86 bits per heavy atom. The van der Waals surface area contributed by atoms with Gasteiger partial charge in [0.2, 0.25) is 0 Å². The number of piperidine rings is 1. The topological polar surface area (TPSA) is 54.5 Å². The molecule has 1 atom stereocenters. The first-order valence-corrected chi connectivity index (χ1v) is 10.0. The summed E-state index contributed by atoms with van der Waals surface area (Å²) < 4.78 is 5.99. The van der Waals surface area contributed by atoms with Crippen LogP contribution in [0.1, 0.15) is 30.3 Å². The number of nitrogens with one attached hydrogen (secondary N) is 1. The lowest BCUT2D eigenvalue weighted by atomic mass is 10.00. The minimum atomic E-state index is 0.0101. The molecule has 0 bridgehead atoms. The van der Waals surface area contributed by atoms with E-state index in [1.54, 1.807) is 12.3 Å². The van der Waals surface area contributed by atoms with E-state index in [4.69, 9.17) is 4.74 Å². The number of carbonyl (C=O) groups is 1. The van der Waals surface area contributed by atoms with Gasteiger partial charge in [-0.1, -0.05) is 37.3 Å². The van der Waals surface area contributed by atoms with Crippen molar-refractivity contribution in [3.8, 4) is 11.5 Å². The van der Waals surface area contributed by atoms with E-state index in [1.165, 1.54) is 6.42 Å². The highest BCUT2D eigenvalue weighted by molar-refractivity contribution is 5.92. The first-order chi connectivity index (χ1) is 14.2. The smallest absolute Gasteiger partial charge is 0.272 e. The molecule has 5 heteroatoms. The van der Waals surface area contributed by atoms with Crippen molar-refractivity contribution in [2.75, 3.05) is 18.4 Å². The maximum atomic E-state index is 12.7. The van der Waals surface area contributed by atoms with E-state index in [0.29, 0.717) is 11.6 Å². The minimum absolute atomic E-state index is 0.0101. The third kappa shape index (κ3) is 4.74. The molecule has 148 valence electrons. The van der Waals surface area contributed by atoms with Gasteiger partial charge >= 0.3 is 0 Å². The van der Waals surface area contributed by atoms with Crippen molar-refractivity contribution in [2.24, 2.45) is 5.92 Å². The second-order valence-corrected chi connectivity index (χ2v) is 7.47. The van der Waals surface area contributed by atoms with Gasteiger partial charge in [-0.05, 0) is 55.2 Å². The molecule has 29 heavy (non-hydrogen) atoms. The molecule has 1 aliphatic rings. The number of ether oxygens (including phenoxy) is 1. The predicted octanol–water partition coefficient (Wildman–Crippen LogP) is 5.49. The molecule has 1 saturated heterocycles. The highest BCUT2D eigenvalue weighted by Crippen LogP contribution is 2.31. The zero-order chi connectivity index (χ0) is 20.1. The number of carbonyl (C=O) groups excluding carboxylic acids is 1. The van der Waals surface area contributed by atoms with Crippen LogP contribution in [0.25, 0.3) is 0 Å².